The first-order valence-electron chi connectivity index (χ1n) is 5.64. The van der Waals surface area contributed by atoms with E-state index in [4.69, 9.17) is 10.00 Å². The number of benzene rings is 1. The average Bonchev–Trinajstić information content (AvgIpc) is 2.66. The lowest BCUT2D eigenvalue weighted by atomic mass is 9.91. The van der Waals surface area contributed by atoms with E-state index in [0.29, 0.717) is 12.0 Å². The minimum Gasteiger partial charge on any atom is -0.493 e. The van der Waals surface area contributed by atoms with E-state index in [2.05, 4.69) is 17.0 Å². The van der Waals surface area contributed by atoms with E-state index in [-0.39, 0.29) is 6.04 Å². The predicted molar refractivity (Wildman–Crippen MR) is 59.9 cm³/mol. The number of ether oxygens (including phenoxy) is 1. The average molecular weight is 214 g/mol. The van der Waals surface area contributed by atoms with Gasteiger partial charge in [-0.3, -0.25) is 4.90 Å². The molecule has 1 aromatic rings. The lowest BCUT2D eigenvalue weighted by Gasteiger charge is -2.32. The van der Waals surface area contributed by atoms with E-state index in [1.54, 1.807) is 0 Å². The van der Waals surface area contributed by atoms with E-state index >= 15 is 0 Å². The molecule has 3 atom stereocenters. The summed E-state index contributed by atoms with van der Waals surface area (Å²) in [6.07, 6.45) is 0.923. The second-order valence-electron chi connectivity index (χ2n) is 4.60. The predicted octanol–water partition coefficient (Wildman–Crippen LogP) is 1.96. The van der Waals surface area contributed by atoms with E-state index in [1.807, 2.05) is 25.2 Å². The fraction of sp³-hybridized carbons (Fsp3) is 0.462. The summed E-state index contributed by atoms with van der Waals surface area (Å²) in [5.74, 6) is 1.44. The van der Waals surface area contributed by atoms with Gasteiger partial charge in [0.1, 0.15) is 5.75 Å². The van der Waals surface area contributed by atoms with Crippen LogP contribution in [0.25, 0.3) is 0 Å². The molecule has 1 fully saturated rings. The highest BCUT2D eigenvalue weighted by atomic mass is 16.5. The van der Waals surface area contributed by atoms with Crippen LogP contribution in [0.15, 0.2) is 24.3 Å². The summed E-state index contributed by atoms with van der Waals surface area (Å²) in [6, 6.07) is 10.9. The van der Waals surface area contributed by atoms with Gasteiger partial charge in [0.05, 0.1) is 18.7 Å². The smallest absolute Gasteiger partial charge is 0.124 e. The number of likely N-dealkylation sites (tertiary alicyclic amines) is 1. The Kier molecular flexibility index (Phi) is 2.12. The second-order valence-corrected chi connectivity index (χ2v) is 4.60. The van der Waals surface area contributed by atoms with Gasteiger partial charge < -0.3 is 4.74 Å². The van der Waals surface area contributed by atoms with Crippen LogP contribution in [0.2, 0.25) is 0 Å². The van der Waals surface area contributed by atoms with Gasteiger partial charge in [0.15, 0.2) is 0 Å². The molecule has 2 aliphatic heterocycles. The number of nitrogens with zero attached hydrogens (tertiary/aromatic N) is 2. The molecule has 0 spiro atoms. The highest BCUT2D eigenvalue weighted by Crippen LogP contribution is 2.45. The van der Waals surface area contributed by atoms with Crippen molar-refractivity contribution >= 4 is 0 Å². The number of hydrogen-bond donors (Lipinski definition) is 0. The van der Waals surface area contributed by atoms with Crippen molar-refractivity contribution < 1.29 is 4.74 Å². The molecule has 3 rings (SSSR count). The molecule has 3 heteroatoms. The summed E-state index contributed by atoms with van der Waals surface area (Å²) >= 11 is 0. The maximum Gasteiger partial charge on any atom is 0.124 e. The highest BCUT2D eigenvalue weighted by Gasteiger charge is 2.43. The van der Waals surface area contributed by atoms with Gasteiger partial charge >= 0.3 is 0 Å². The van der Waals surface area contributed by atoms with Crippen molar-refractivity contribution in [3.05, 3.63) is 29.8 Å². The summed E-state index contributed by atoms with van der Waals surface area (Å²) < 4.78 is 5.74. The van der Waals surface area contributed by atoms with Crippen LogP contribution in [0, 0.1) is 17.2 Å². The summed E-state index contributed by atoms with van der Waals surface area (Å²) in [5.41, 5.74) is 1.24. The third-order valence-corrected chi connectivity index (χ3v) is 3.74. The standard InChI is InChI=1S/C13H14N2O/c1-15-10(7-14)6-9-8-16-12-5-3-2-4-11(12)13(9)15/h2-5,9-10,13H,6,8H2,1H3/t9?,10-,13?/m1/s1. The number of rotatable bonds is 0. The highest BCUT2D eigenvalue weighted by molar-refractivity contribution is 5.39. The third kappa shape index (κ3) is 1.23. The molecule has 0 N–H and O–H groups in total. The first-order chi connectivity index (χ1) is 7.81. The maximum atomic E-state index is 9.10. The molecule has 0 saturated carbocycles. The van der Waals surface area contributed by atoms with Crippen LogP contribution in [0.3, 0.4) is 0 Å². The first-order valence-corrected chi connectivity index (χ1v) is 5.64. The minimum atomic E-state index is 0.0322. The van der Waals surface area contributed by atoms with E-state index in [0.717, 1.165) is 18.8 Å². The van der Waals surface area contributed by atoms with E-state index in [9.17, 15) is 0 Å². The molecule has 2 heterocycles. The number of fused-ring (bicyclic) bond motifs is 3. The summed E-state index contributed by atoms with van der Waals surface area (Å²) in [5, 5.41) is 9.10. The van der Waals surface area contributed by atoms with Crippen LogP contribution in [0.4, 0.5) is 0 Å². The zero-order valence-corrected chi connectivity index (χ0v) is 9.26. The molecule has 2 unspecified atom stereocenters. The SMILES string of the molecule is CN1C2c3ccccc3OCC2C[C@@H]1C#N. The molecule has 0 radical (unpaired) electrons. The molecule has 1 saturated heterocycles. The van der Waals surface area contributed by atoms with Gasteiger partial charge in [0.2, 0.25) is 0 Å². The van der Waals surface area contributed by atoms with Crippen LogP contribution in [0.5, 0.6) is 5.75 Å². The van der Waals surface area contributed by atoms with E-state index in [1.165, 1.54) is 5.56 Å². The van der Waals surface area contributed by atoms with Crippen LogP contribution < -0.4 is 4.74 Å². The summed E-state index contributed by atoms with van der Waals surface area (Å²) in [4.78, 5) is 2.19. The Morgan fingerprint density at radius 2 is 2.25 bits per heavy atom. The second kappa shape index (κ2) is 3.50. The van der Waals surface area contributed by atoms with Crippen molar-refractivity contribution in [1.29, 1.82) is 5.26 Å². The van der Waals surface area contributed by atoms with Crippen molar-refractivity contribution in [2.24, 2.45) is 5.92 Å². The van der Waals surface area contributed by atoms with Gasteiger partial charge in [-0.05, 0) is 19.5 Å². The van der Waals surface area contributed by atoms with Gasteiger partial charge in [-0.15, -0.1) is 0 Å². The van der Waals surface area contributed by atoms with E-state index < -0.39 is 0 Å². The molecule has 1 aromatic carbocycles. The van der Waals surface area contributed by atoms with Crippen molar-refractivity contribution in [3.63, 3.8) is 0 Å². The monoisotopic (exact) mass is 214 g/mol. The minimum absolute atomic E-state index is 0.0322. The van der Waals surface area contributed by atoms with Gasteiger partial charge in [-0.1, -0.05) is 18.2 Å². The molecule has 0 aliphatic carbocycles. The first kappa shape index (κ1) is 9.68. The normalized spacial score (nSPS) is 32.4. The maximum absolute atomic E-state index is 9.10. The lowest BCUT2D eigenvalue weighted by Crippen LogP contribution is -2.30. The third-order valence-electron chi connectivity index (χ3n) is 3.74. The number of nitriles is 1. The molecular weight excluding hydrogens is 200 g/mol. The Labute approximate surface area is 95.2 Å². The lowest BCUT2D eigenvalue weighted by molar-refractivity contribution is 0.160. The zero-order chi connectivity index (χ0) is 11.1. The van der Waals surface area contributed by atoms with Crippen LogP contribution in [0.1, 0.15) is 18.0 Å². The number of para-hydroxylation sites is 1. The Hall–Kier alpha value is -1.53. The Morgan fingerprint density at radius 1 is 1.44 bits per heavy atom. The van der Waals surface area contributed by atoms with Crippen LogP contribution >= 0.6 is 0 Å². The quantitative estimate of drug-likeness (QED) is 0.662. The molecule has 2 aliphatic rings. The molecule has 16 heavy (non-hydrogen) atoms. The van der Waals surface area contributed by atoms with Crippen molar-refractivity contribution in [3.8, 4) is 11.8 Å². The van der Waals surface area contributed by atoms with Gasteiger partial charge in [-0.2, -0.15) is 5.26 Å². The Balaban J connectivity index is 2.03. The molecule has 0 amide bonds. The molecular formula is C13H14N2O. The van der Waals surface area contributed by atoms with Crippen LogP contribution in [-0.2, 0) is 0 Å². The van der Waals surface area contributed by atoms with Gasteiger partial charge in [-0.25, -0.2) is 0 Å². The van der Waals surface area contributed by atoms with Crippen LogP contribution in [-0.4, -0.2) is 24.6 Å². The van der Waals surface area contributed by atoms with Crippen molar-refractivity contribution in [1.82, 2.24) is 4.90 Å². The Bertz CT molecular complexity index is 451. The van der Waals surface area contributed by atoms with Crippen molar-refractivity contribution in [2.45, 2.75) is 18.5 Å². The fourth-order valence-corrected chi connectivity index (χ4v) is 2.94. The van der Waals surface area contributed by atoms with Crippen molar-refractivity contribution in [2.75, 3.05) is 13.7 Å². The number of hydrogen-bond acceptors (Lipinski definition) is 3. The largest absolute Gasteiger partial charge is 0.493 e. The fourth-order valence-electron chi connectivity index (χ4n) is 2.94. The molecule has 3 nitrogen and oxygen atoms in total. The zero-order valence-electron chi connectivity index (χ0n) is 9.26. The topological polar surface area (TPSA) is 36.3 Å². The molecule has 82 valence electrons. The summed E-state index contributed by atoms with van der Waals surface area (Å²) in [7, 11) is 2.04. The molecule has 0 aromatic heterocycles. The Morgan fingerprint density at radius 3 is 3.06 bits per heavy atom. The van der Waals surface area contributed by atoms with Gasteiger partial charge in [0.25, 0.3) is 0 Å². The van der Waals surface area contributed by atoms with Gasteiger partial charge in [0, 0.05) is 17.5 Å². The summed E-state index contributed by atoms with van der Waals surface area (Å²) in [6.45, 7) is 0.740. The molecule has 0 bridgehead atoms.